The zero-order valence-electron chi connectivity index (χ0n) is 9.11. The van der Waals surface area contributed by atoms with E-state index in [9.17, 15) is 0 Å². The number of halogens is 2. The van der Waals surface area contributed by atoms with Gasteiger partial charge < -0.3 is 5.73 Å². The molecule has 0 saturated carbocycles. The fourth-order valence-corrected chi connectivity index (χ4v) is 2.26. The second-order valence-electron chi connectivity index (χ2n) is 3.83. The van der Waals surface area contributed by atoms with Crippen molar-refractivity contribution >= 4 is 31.9 Å². The van der Waals surface area contributed by atoms with Gasteiger partial charge in [-0.25, -0.2) is 0 Å². The average Bonchev–Trinajstić information content (AvgIpc) is 2.32. The molecular formula is C13H12Br2N2. The predicted octanol–water partition coefficient (Wildman–Crippen LogP) is 3.85. The molecule has 2 nitrogen and oxygen atoms in total. The van der Waals surface area contributed by atoms with Gasteiger partial charge in [-0.2, -0.15) is 0 Å². The van der Waals surface area contributed by atoms with Crippen molar-refractivity contribution in [2.24, 2.45) is 5.73 Å². The molecule has 1 atom stereocenters. The number of aromatic nitrogens is 1. The summed E-state index contributed by atoms with van der Waals surface area (Å²) in [5, 5.41) is 0. The normalized spacial score (nSPS) is 12.4. The van der Waals surface area contributed by atoms with Crippen LogP contribution in [0.25, 0.3) is 0 Å². The van der Waals surface area contributed by atoms with Crippen LogP contribution in [-0.4, -0.2) is 4.98 Å². The van der Waals surface area contributed by atoms with Crippen LogP contribution in [0.2, 0.25) is 0 Å². The summed E-state index contributed by atoms with van der Waals surface area (Å²) in [7, 11) is 0. The lowest BCUT2D eigenvalue weighted by Gasteiger charge is -2.11. The number of hydrogen-bond donors (Lipinski definition) is 1. The van der Waals surface area contributed by atoms with E-state index in [1.807, 2.05) is 36.4 Å². The third-order valence-corrected chi connectivity index (χ3v) is 3.46. The van der Waals surface area contributed by atoms with Crippen molar-refractivity contribution in [2.75, 3.05) is 0 Å². The third kappa shape index (κ3) is 3.63. The number of nitrogens with zero attached hydrogens (tertiary/aromatic N) is 1. The lowest BCUT2D eigenvalue weighted by molar-refractivity contribution is 0.706. The molecule has 0 spiro atoms. The summed E-state index contributed by atoms with van der Waals surface area (Å²) < 4.78 is 2.03. The van der Waals surface area contributed by atoms with E-state index in [4.69, 9.17) is 5.73 Å². The zero-order valence-corrected chi connectivity index (χ0v) is 12.3. The molecule has 0 fully saturated rings. The van der Waals surface area contributed by atoms with Gasteiger partial charge in [-0.3, -0.25) is 4.98 Å². The first-order valence-electron chi connectivity index (χ1n) is 5.26. The Bertz CT molecular complexity index is 497. The highest BCUT2D eigenvalue weighted by Crippen LogP contribution is 2.19. The summed E-state index contributed by atoms with van der Waals surface area (Å²) in [5.74, 6) is 0. The minimum atomic E-state index is -0.0267. The third-order valence-electron chi connectivity index (χ3n) is 2.49. The van der Waals surface area contributed by atoms with Gasteiger partial charge in [-0.05, 0) is 45.8 Å². The van der Waals surface area contributed by atoms with Gasteiger partial charge in [0.25, 0.3) is 0 Å². The Morgan fingerprint density at radius 3 is 2.59 bits per heavy atom. The Morgan fingerprint density at radius 1 is 1.12 bits per heavy atom. The molecule has 1 heterocycles. The van der Waals surface area contributed by atoms with E-state index >= 15 is 0 Å². The summed E-state index contributed by atoms with van der Waals surface area (Å²) in [5.41, 5.74) is 8.28. The summed E-state index contributed by atoms with van der Waals surface area (Å²) in [6.07, 6.45) is 2.53. The molecular weight excluding hydrogens is 344 g/mol. The Morgan fingerprint density at radius 2 is 1.94 bits per heavy atom. The van der Waals surface area contributed by atoms with Gasteiger partial charge in [0.05, 0.1) is 0 Å². The van der Waals surface area contributed by atoms with Crippen molar-refractivity contribution in [3.8, 4) is 0 Å². The maximum absolute atomic E-state index is 6.16. The fraction of sp³-hybridized carbons (Fsp3) is 0.154. The van der Waals surface area contributed by atoms with Crippen LogP contribution in [0.3, 0.4) is 0 Å². The number of pyridine rings is 1. The molecule has 2 N–H and O–H groups in total. The number of rotatable bonds is 3. The molecule has 0 radical (unpaired) electrons. The van der Waals surface area contributed by atoms with Gasteiger partial charge in [0.2, 0.25) is 0 Å². The Balaban J connectivity index is 2.11. The van der Waals surface area contributed by atoms with Gasteiger partial charge in [-0.15, -0.1) is 0 Å². The highest BCUT2D eigenvalue weighted by molar-refractivity contribution is 9.10. The van der Waals surface area contributed by atoms with Crippen molar-refractivity contribution < 1.29 is 0 Å². The van der Waals surface area contributed by atoms with E-state index in [0.717, 1.165) is 26.6 Å². The van der Waals surface area contributed by atoms with E-state index in [-0.39, 0.29) is 6.04 Å². The van der Waals surface area contributed by atoms with Crippen molar-refractivity contribution in [1.82, 2.24) is 4.98 Å². The van der Waals surface area contributed by atoms with Crippen LogP contribution >= 0.6 is 31.9 Å². The second-order valence-corrected chi connectivity index (χ2v) is 5.66. The minimum absolute atomic E-state index is 0.0267. The molecule has 0 aliphatic heterocycles. The molecule has 1 unspecified atom stereocenters. The van der Waals surface area contributed by atoms with E-state index in [0.29, 0.717) is 0 Å². The topological polar surface area (TPSA) is 38.9 Å². The minimum Gasteiger partial charge on any atom is -0.324 e. The molecule has 0 aliphatic rings. The molecule has 88 valence electrons. The molecule has 0 aliphatic carbocycles. The number of hydrogen-bond acceptors (Lipinski definition) is 2. The van der Waals surface area contributed by atoms with Crippen molar-refractivity contribution in [1.29, 1.82) is 0 Å². The van der Waals surface area contributed by atoms with Gasteiger partial charge in [0.1, 0.15) is 0 Å². The van der Waals surface area contributed by atoms with Crippen molar-refractivity contribution in [3.05, 3.63) is 62.8 Å². The number of nitrogens with two attached hydrogens (primary N) is 1. The van der Waals surface area contributed by atoms with Crippen LogP contribution in [0, 0.1) is 0 Å². The second kappa shape index (κ2) is 5.76. The van der Waals surface area contributed by atoms with Crippen molar-refractivity contribution in [3.63, 3.8) is 0 Å². The maximum Gasteiger partial charge on any atom is 0.0423 e. The molecule has 0 saturated heterocycles. The van der Waals surface area contributed by atoms with Crippen LogP contribution < -0.4 is 5.73 Å². The van der Waals surface area contributed by atoms with E-state index in [1.54, 1.807) is 6.20 Å². The van der Waals surface area contributed by atoms with Gasteiger partial charge >= 0.3 is 0 Å². The van der Waals surface area contributed by atoms with Gasteiger partial charge in [0, 0.05) is 33.3 Å². The first-order valence-corrected chi connectivity index (χ1v) is 6.85. The van der Waals surface area contributed by atoms with E-state index < -0.39 is 0 Å². The first kappa shape index (κ1) is 12.7. The molecule has 4 heteroatoms. The Labute approximate surface area is 118 Å². The number of benzene rings is 1. The molecule has 2 rings (SSSR count). The van der Waals surface area contributed by atoms with Gasteiger partial charge in [-0.1, -0.05) is 28.1 Å². The fourth-order valence-electron chi connectivity index (χ4n) is 1.61. The van der Waals surface area contributed by atoms with E-state index in [1.165, 1.54) is 0 Å². The van der Waals surface area contributed by atoms with Crippen LogP contribution in [0.1, 0.15) is 17.3 Å². The zero-order chi connectivity index (χ0) is 12.3. The Kier molecular flexibility index (Phi) is 4.31. The SMILES string of the molecule is NC(Cc1ccc(Br)cn1)c1cccc(Br)c1. The highest BCUT2D eigenvalue weighted by atomic mass is 79.9. The molecule has 17 heavy (non-hydrogen) atoms. The van der Waals surface area contributed by atoms with Crippen LogP contribution in [0.15, 0.2) is 51.5 Å². The molecule has 1 aromatic carbocycles. The van der Waals surface area contributed by atoms with Crippen LogP contribution in [0.5, 0.6) is 0 Å². The smallest absolute Gasteiger partial charge is 0.0423 e. The Hall–Kier alpha value is -0.710. The highest BCUT2D eigenvalue weighted by Gasteiger charge is 2.08. The largest absolute Gasteiger partial charge is 0.324 e. The lowest BCUT2D eigenvalue weighted by Crippen LogP contribution is -2.14. The van der Waals surface area contributed by atoms with E-state index in [2.05, 4.69) is 36.8 Å². The summed E-state index contributed by atoms with van der Waals surface area (Å²) in [6, 6.07) is 12.0. The molecule has 0 bridgehead atoms. The maximum atomic E-state index is 6.16. The molecule has 1 aromatic heterocycles. The quantitative estimate of drug-likeness (QED) is 0.908. The molecule has 0 amide bonds. The summed E-state index contributed by atoms with van der Waals surface area (Å²) >= 11 is 6.81. The lowest BCUT2D eigenvalue weighted by atomic mass is 10.0. The average molecular weight is 356 g/mol. The predicted molar refractivity (Wildman–Crippen MR) is 76.7 cm³/mol. The summed E-state index contributed by atoms with van der Waals surface area (Å²) in [6.45, 7) is 0. The molecule has 2 aromatic rings. The monoisotopic (exact) mass is 354 g/mol. The standard InChI is InChI=1S/C13H12Br2N2/c14-10-3-1-2-9(6-10)13(16)7-12-5-4-11(15)8-17-12/h1-6,8,13H,7,16H2. The first-order chi connectivity index (χ1) is 8.15. The van der Waals surface area contributed by atoms with Gasteiger partial charge in [0.15, 0.2) is 0 Å². The van der Waals surface area contributed by atoms with Crippen molar-refractivity contribution in [2.45, 2.75) is 12.5 Å². The van der Waals surface area contributed by atoms with Crippen LogP contribution in [0.4, 0.5) is 0 Å². The summed E-state index contributed by atoms with van der Waals surface area (Å²) in [4.78, 5) is 4.33. The van der Waals surface area contributed by atoms with Crippen LogP contribution in [-0.2, 0) is 6.42 Å².